The minimum Gasteiger partial charge on any atom is -0.466 e. The number of amides is 1. The Morgan fingerprint density at radius 1 is 1.45 bits per heavy atom. The molecule has 1 aromatic rings. The molecule has 0 aliphatic heterocycles. The largest absolute Gasteiger partial charge is 0.466 e. The molecule has 0 fully saturated rings. The molecule has 0 aliphatic carbocycles. The minimum atomic E-state index is -0.427. The highest BCUT2D eigenvalue weighted by molar-refractivity contribution is 6.33. The molecule has 0 aromatic carbocycles. The van der Waals surface area contributed by atoms with Gasteiger partial charge in [-0.2, -0.15) is 0 Å². The van der Waals surface area contributed by atoms with E-state index in [4.69, 9.17) is 16.3 Å². The van der Waals surface area contributed by atoms with Crippen LogP contribution in [-0.4, -0.2) is 35.0 Å². The minimum absolute atomic E-state index is 0.0957. The molecule has 1 N–H and O–H groups in total. The van der Waals surface area contributed by atoms with E-state index in [0.717, 1.165) is 0 Å². The molecule has 1 rings (SSSR count). The summed E-state index contributed by atoms with van der Waals surface area (Å²) in [6.45, 7) is 6.07. The van der Waals surface area contributed by atoms with Crippen molar-refractivity contribution in [1.82, 2.24) is 15.3 Å². The molecule has 6 nitrogen and oxygen atoms in total. The second-order valence-corrected chi connectivity index (χ2v) is 4.80. The number of hydrogen-bond acceptors (Lipinski definition) is 5. The lowest BCUT2D eigenvalue weighted by Gasteiger charge is -2.08. The van der Waals surface area contributed by atoms with Crippen LogP contribution in [0.15, 0.2) is 6.20 Å². The summed E-state index contributed by atoms with van der Waals surface area (Å²) >= 11 is 5.91. The number of carbonyl (C=O) groups excluding carboxylic acids is 2. The predicted molar refractivity (Wildman–Crippen MR) is 74.7 cm³/mol. The molecule has 0 atom stereocenters. The summed E-state index contributed by atoms with van der Waals surface area (Å²) in [6, 6.07) is 0. The van der Waals surface area contributed by atoms with Crippen LogP contribution in [0.1, 0.15) is 49.4 Å². The van der Waals surface area contributed by atoms with E-state index in [1.807, 2.05) is 13.8 Å². The molecular weight excluding hydrogens is 282 g/mol. The van der Waals surface area contributed by atoms with Crippen molar-refractivity contribution in [2.45, 2.75) is 33.1 Å². The van der Waals surface area contributed by atoms with Gasteiger partial charge in [0.15, 0.2) is 0 Å². The number of esters is 1. The van der Waals surface area contributed by atoms with E-state index in [2.05, 4.69) is 15.3 Å². The smallest absolute Gasteiger partial charge is 0.307 e. The van der Waals surface area contributed by atoms with Gasteiger partial charge in [0, 0.05) is 12.5 Å². The third-order valence-electron chi connectivity index (χ3n) is 2.41. The Morgan fingerprint density at radius 3 is 2.75 bits per heavy atom. The van der Waals surface area contributed by atoms with Gasteiger partial charge < -0.3 is 10.1 Å². The van der Waals surface area contributed by atoms with Gasteiger partial charge in [-0.3, -0.25) is 9.59 Å². The normalized spacial score (nSPS) is 10.4. The Hall–Kier alpha value is -1.69. The van der Waals surface area contributed by atoms with Crippen LogP contribution in [0, 0.1) is 0 Å². The Labute approximate surface area is 122 Å². The van der Waals surface area contributed by atoms with E-state index in [-0.39, 0.29) is 35.6 Å². The Bertz CT molecular complexity index is 492. The van der Waals surface area contributed by atoms with Crippen molar-refractivity contribution in [3.63, 3.8) is 0 Å². The molecule has 0 radical (unpaired) electrons. The first-order valence-corrected chi connectivity index (χ1v) is 6.79. The lowest BCUT2D eigenvalue weighted by atomic mass is 10.2. The third kappa shape index (κ3) is 4.77. The Morgan fingerprint density at radius 2 is 2.15 bits per heavy atom. The van der Waals surface area contributed by atoms with E-state index in [1.54, 1.807) is 6.92 Å². The fourth-order valence-electron chi connectivity index (χ4n) is 1.41. The number of hydrogen-bond donors (Lipinski definition) is 1. The summed E-state index contributed by atoms with van der Waals surface area (Å²) in [5.74, 6) is -0.142. The molecule has 1 heterocycles. The van der Waals surface area contributed by atoms with Crippen LogP contribution < -0.4 is 5.32 Å². The van der Waals surface area contributed by atoms with Crippen molar-refractivity contribution in [2.75, 3.05) is 13.2 Å². The van der Waals surface area contributed by atoms with Crippen LogP contribution in [0.25, 0.3) is 0 Å². The second-order valence-electron chi connectivity index (χ2n) is 4.39. The number of nitrogens with zero attached hydrogens (tertiary/aromatic N) is 2. The van der Waals surface area contributed by atoms with Gasteiger partial charge in [-0.05, 0) is 6.92 Å². The molecule has 110 valence electrons. The number of ether oxygens (including phenoxy) is 1. The number of nitrogens with one attached hydrogen (secondary N) is 1. The van der Waals surface area contributed by atoms with E-state index in [0.29, 0.717) is 12.4 Å². The maximum Gasteiger partial charge on any atom is 0.307 e. The van der Waals surface area contributed by atoms with Gasteiger partial charge in [0.1, 0.15) is 11.5 Å². The number of rotatable bonds is 6. The van der Waals surface area contributed by atoms with Crippen LogP contribution in [0.2, 0.25) is 5.02 Å². The van der Waals surface area contributed by atoms with Crippen LogP contribution in [0.4, 0.5) is 0 Å². The van der Waals surface area contributed by atoms with Gasteiger partial charge in [0.25, 0.3) is 5.91 Å². The summed E-state index contributed by atoms with van der Waals surface area (Å²) in [5, 5.41) is 2.76. The van der Waals surface area contributed by atoms with Crippen molar-refractivity contribution in [2.24, 2.45) is 0 Å². The number of aromatic nitrogens is 2. The highest BCUT2D eigenvalue weighted by Gasteiger charge is 2.15. The first kappa shape index (κ1) is 16.4. The van der Waals surface area contributed by atoms with Crippen molar-refractivity contribution in [1.29, 1.82) is 0 Å². The first-order chi connectivity index (χ1) is 9.45. The maximum absolute atomic E-state index is 11.9. The molecule has 0 saturated carbocycles. The molecule has 0 saturated heterocycles. The maximum atomic E-state index is 11.9. The summed E-state index contributed by atoms with van der Waals surface area (Å²) in [7, 11) is 0. The monoisotopic (exact) mass is 299 g/mol. The molecule has 7 heteroatoms. The highest BCUT2D eigenvalue weighted by atomic mass is 35.5. The zero-order chi connectivity index (χ0) is 15.1. The van der Waals surface area contributed by atoms with Gasteiger partial charge in [-0.1, -0.05) is 25.4 Å². The van der Waals surface area contributed by atoms with Gasteiger partial charge in [0.05, 0.1) is 24.2 Å². The van der Waals surface area contributed by atoms with E-state index < -0.39 is 5.91 Å². The van der Waals surface area contributed by atoms with Crippen LogP contribution in [0.5, 0.6) is 0 Å². The van der Waals surface area contributed by atoms with Crippen molar-refractivity contribution >= 4 is 23.5 Å². The SMILES string of the molecule is CCOC(=O)CCNC(=O)c1nc(C(C)C)ncc1Cl. The van der Waals surface area contributed by atoms with Gasteiger partial charge >= 0.3 is 5.97 Å². The summed E-state index contributed by atoms with van der Waals surface area (Å²) in [5.41, 5.74) is 0.120. The fraction of sp³-hybridized carbons (Fsp3) is 0.538. The number of halogens is 1. The van der Waals surface area contributed by atoms with Crippen molar-refractivity contribution < 1.29 is 14.3 Å². The molecule has 1 amide bonds. The average molecular weight is 300 g/mol. The summed E-state index contributed by atoms with van der Waals surface area (Å²) in [6.07, 6.45) is 1.52. The summed E-state index contributed by atoms with van der Waals surface area (Å²) < 4.78 is 4.76. The molecule has 1 aromatic heterocycles. The van der Waals surface area contributed by atoms with Gasteiger partial charge in [-0.25, -0.2) is 9.97 Å². The molecule has 0 unspecified atom stereocenters. The standard InChI is InChI=1S/C13H18ClN3O3/c1-4-20-10(18)5-6-15-13(19)11-9(14)7-16-12(17-11)8(2)3/h7-8H,4-6H2,1-3H3,(H,15,19). The summed E-state index contributed by atoms with van der Waals surface area (Å²) in [4.78, 5) is 31.3. The predicted octanol–water partition coefficient (Wildman–Crippen LogP) is 1.94. The van der Waals surface area contributed by atoms with Gasteiger partial charge in [-0.15, -0.1) is 0 Å². The van der Waals surface area contributed by atoms with Gasteiger partial charge in [0.2, 0.25) is 0 Å². The molecular formula is C13H18ClN3O3. The average Bonchev–Trinajstić information content (AvgIpc) is 2.39. The molecule has 0 bridgehead atoms. The van der Waals surface area contributed by atoms with Crippen molar-refractivity contribution in [3.8, 4) is 0 Å². The topological polar surface area (TPSA) is 81.2 Å². The second kappa shape index (κ2) is 7.79. The first-order valence-electron chi connectivity index (χ1n) is 6.42. The van der Waals surface area contributed by atoms with E-state index in [9.17, 15) is 9.59 Å². The van der Waals surface area contributed by atoms with Crippen LogP contribution in [-0.2, 0) is 9.53 Å². The fourth-order valence-corrected chi connectivity index (χ4v) is 1.59. The zero-order valence-corrected chi connectivity index (χ0v) is 12.5. The molecule has 0 spiro atoms. The third-order valence-corrected chi connectivity index (χ3v) is 2.69. The van der Waals surface area contributed by atoms with Crippen LogP contribution >= 0.6 is 11.6 Å². The van der Waals surface area contributed by atoms with Crippen LogP contribution in [0.3, 0.4) is 0 Å². The molecule has 0 aliphatic rings. The Balaban J connectivity index is 2.63. The molecule has 20 heavy (non-hydrogen) atoms. The van der Waals surface area contributed by atoms with E-state index >= 15 is 0 Å². The Kier molecular flexibility index (Phi) is 6.38. The van der Waals surface area contributed by atoms with E-state index in [1.165, 1.54) is 6.20 Å². The number of carbonyl (C=O) groups is 2. The lowest BCUT2D eigenvalue weighted by Crippen LogP contribution is -2.28. The highest BCUT2D eigenvalue weighted by Crippen LogP contribution is 2.16. The quantitative estimate of drug-likeness (QED) is 0.812. The van der Waals surface area contributed by atoms with Crippen molar-refractivity contribution in [3.05, 3.63) is 22.7 Å². The lowest BCUT2D eigenvalue weighted by molar-refractivity contribution is -0.142. The zero-order valence-electron chi connectivity index (χ0n) is 11.8.